The highest BCUT2D eigenvalue weighted by Crippen LogP contribution is 2.26. The minimum absolute atomic E-state index is 0.0275. The number of aryl methyl sites for hydroxylation is 1. The van der Waals surface area contributed by atoms with Crippen molar-refractivity contribution in [3.05, 3.63) is 52.8 Å². The number of imidazole rings is 1. The predicted octanol–water partition coefficient (Wildman–Crippen LogP) is 3.64. The summed E-state index contributed by atoms with van der Waals surface area (Å²) in [4.78, 5) is 19.9. The van der Waals surface area contributed by atoms with E-state index in [2.05, 4.69) is 15.0 Å². The molecule has 1 saturated heterocycles. The number of rotatable bonds is 4. The van der Waals surface area contributed by atoms with Crippen LogP contribution in [0.4, 0.5) is 0 Å². The highest BCUT2D eigenvalue weighted by Gasteiger charge is 2.24. The maximum Gasteiger partial charge on any atom is 0.197 e. The lowest BCUT2D eigenvalue weighted by atomic mass is 10.1. The Kier molecular flexibility index (Phi) is 4.27. The highest BCUT2D eigenvalue weighted by molar-refractivity contribution is 6.29. The van der Waals surface area contributed by atoms with Crippen LogP contribution in [0.3, 0.4) is 0 Å². The number of likely N-dealkylation sites (tertiary alicyclic amines) is 1. The molecule has 25 heavy (non-hydrogen) atoms. The van der Waals surface area contributed by atoms with Crippen LogP contribution >= 0.6 is 11.6 Å². The van der Waals surface area contributed by atoms with Crippen molar-refractivity contribution in [1.82, 2.24) is 19.5 Å². The average molecular weight is 355 g/mol. The van der Waals surface area contributed by atoms with E-state index in [0.29, 0.717) is 28.7 Å². The van der Waals surface area contributed by atoms with Gasteiger partial charge in [-0.15, -0.1) is 0 Å². The molecule has 0 N–H and O–H groups in total. The van der Waals surface area contributed by atoms with Crippen LogP contribution in [0.15, 0.2) is 36.4 Å². The van der Waals surface area contributed by atoms with E-state index in [1.807, 2.05) is 31.2 Å². The molecule has 128 valence electrons. The number of aromatic nitrogens is 3. The van der Waals surface area contributed by atoms with Gasteiger partial charge in [-0.1, -0.05) is 41.4 Å². The first-order valence-corrected chi connectivity index (χ1v) is 8.87. The van der Waals surface area contributed by atoms with Crippen LogP contribution in [0.1, 0.15) is 28.9 Å². The number of Topliss-reactive ketones (excluding diaryl/α,β-unsaturated/α-hetero) is 1. The van der Waals surface area contributed by atoms with Crippen LogP contribution in [0.2, 0.25) is 5.15 Å². The van der Waals surface area contributed by atoms with Crippen LogP contribution in [0.25, 0.3) is 16.9 Å². The van der Waals surface area contributed by atoms with E-state index in [1.165, 1.54) is 5.56 Å². The van der Waals surface area contributed by atoms with Crippen molar-refractivity contribution in [1.29, 1.82) is 0 Å². The van der Waals surface area contributed by atoms with Crippen molar-refractivity contribution < 1.29 is 4.79 Å². The first-order chi connectivity index (χ1) is 12.1. The standard InChI is InChI=1S/C19H19ClN4O/c1-13-4-6-14(7-5-13)18-19(15(25)12-23-10-2-3-11-23)24-17(21-18)9-8-16(20)22-24/h4-9H,2-3,10-12H2,1H3. The third kappa shape index (κ3) is 3.17. The van der Waals surface area contributed by atoms with Gasteiger partial charge in [0, 0.05) is 5.56 Å². The summed E-state index contributed by atoms with van der Waals surface area (Å²) in [5.74, 6) is 0.0275. The lowest BCUT2D eigenvalue weighted by Crippen LogP contribution is -2.28. The van der Waals surface area contributed by atoms with E-state index in [4.69, 9.17) is 11.6 Å². The second kappa shape index (κ2) is 6.58. The summed E-state index contributed by atoms with van der Waals surface area (Å²) in [6.07, 6.45) is 2.30. The number of hydrogen-bond acceptors (Lipinski definition) is 4. The van der Waals surface area contributed by atoms with Gasteiger partial charge in [0.05, 0.1) is 6.54 Å². The number of nitrogens with zero attached hydrogens (tertiary/aromatic N) is 4. The molecule has 2 aromatic heterocycles. The van der Waals surface area contributed by atoms with E-state index < -0.39 is 0 Å². The molecule has 6 heteroatoms. The Labute approximate surface area is 151 Å². The molecule has 1 aromatic carbocycles. The lowest BCUT2D eigenvalue weighted by Gasteiger charge is -2.13. The van der Waals surface area contributed by atoms with Gasteiger partial charge in [0.1, 0.15) is 16.5 Å². The first-order valence-electron chi connectivity index (χ1n) is 8.50. The zero-order valence-corrected chi connectivity index (χ0v) is 14.8. The second-order valence-electron chi connectivity index (χ2n) is 6.51. The number of ketones is 1. The molecule has 4 rings (SSSR count). The number of hydrogen-bond donors (Lipinski definition) is 0. The third-order valence-electron chi connectivity index (χ3n) is 4.60. The Morgan fingerprint density at radius 2 is 1.84 bits per heavy atom. The van der Waals surface area contributed by atoms with E-state index in [0.717, 1.165) is 31.5 Å². The average Bonchev–Trinajstić information content (AvgIpc) is 3.22. The minimum Gasteiger partial charge on any atom is -0.296 e. The maximum atomic E-state index is 13.1. The van der Waals surface area contributed by atoms with Gasteiger partial charge in [-0.3, -0.25) is 9.69 Å². The van der Waals surface area contributed by atoms with Crippen molar-refractivity contribution in [2.24, 2.45) is 0 Å². The van der Waals surface area contributed by atoms with Gasteiger partial charge in [0.2, 0.25) is 0 Å². The van der Waals surface area contributed by atoms with Gasteiger partial charge in [0.15, 0.2) is 11.4 Å². The fraction of sp³-hybridized carbons (Fsp3) is 0.316. The molecule has 5 nitrogen and oxygen atoms in total. The van der Waals surface area contributed by atoms with Gasteiger partial charge < -0.3 is 0 Å². The predicted molar refractivity (Wildman–Crippen MR) is 98.2 cm³/mol. The number of halogens is 1. The Balaban J connectivity index is 1.83. The molecule has 3 aromatic rings. The Hall–Kier alpha value is -2.24. The fourth-order valence-corrected chi connectivity index (χ4v) is 3.43. The third-order valence-corrected chi connectivity index (χ3v) is 4.80. The Bertz CT molecular complexity index is 926. The molecule has 1 fully saturated rings. The normalized spacial score (nSPS) is 15.1. The van der Waals surface area contributed by atoms with E-state index in [9.17, 15) is 4.79 Å². The van der Waals surface area contributed by atoms with Crippen molar-refractivity contribution in [3.63, 3.8) is 0 Å². The largest absolute Gasteiger partial charge is 0.296 e. The summed E-state index contributed by atoms with van der Waals surface area (Å²) in [6, 6.07) is 11.5. The highest BCUT2D eigenvalue weighted by atomic mass is 35.5. The summed E-state index contributed by atoms with van der Waals surface area (Å²) in [5.41, 5.74) is 3.88. The van der Waals surface area contributed by atoms with Crippen LogP contribution in [-0.4, -0.2) is 44.9 Å². The van der Waals surface area contributed by atoms with Crippen LogP contribution < -0.4 is 0 Å². The maximum absolute atomic E-state index is 13.1. The molecule has 0 aliphatic carbocycles. The zero-order chi connectivity index (χ0) is 17.4. The van der Waals surface area contributed by atoms with Gasteiger partial charge in [-0.25, -0.2) is 9.50 Å². The number of fused-ring (bicyclic) bond motifs is 1. The van der Waals surface area contributed by atoms with Crippen molar-refractivity contribution in [2.45, 2.75) is 19.8 Å². The topological polar surface area (TPSA) is 50.5 Å². The van der Waals surface area contributed by atoms with Gasteiger partial charge in [0.25, 0.3) is 0 Å². The molecule has 0 radical (unpaired) electrons. The summed E-state index contributed by atoms with van der Waals surface area (Å²) < 4.78 is 1.58. The summed E-state index contributed by atoms with van der Waals surface area (Å²) in [6.45, 7) is 4.36. The molecule has 3 heterocycles. The van der Waals surface area contributed by atoms with Crippen LogP contribution in [-0.2, 0) is 0 Å². The SMILES string of the molecule is Cc1ccc(-c2nc3ccc(Cl)nn3c2C(=O)CN2CCCC2)cc1. The molecule has 0 spiro atoms. The van der Waals surface area contributed by atoms with Gasteiger partial charge in [-0.05, 0) is 45.0 Å². The molecule has 0 atom stereocenters. The summed E-state index contributed by atoms with van der Waals surface area (Å²) in [5, 5.41) is 4.66. The molecule has 1 aliphatic heterocycles. The number of carbonyl (C=O) groups is 1. The van der Waals surface area contributed by atoms with Gasteiger partial charge >= 0.3 is 0 Å². The van der Waals surface area contributed by atoms with E-state index >= 15 is 0 Å². The molecule has 0 amide bonds. The first kappa shape index (κ1) is 16.2. The second-order valence-corrected chi connectivity index (χ2v) is 6.89. The smallest absolute Gasteiger partial charge is 0.197 e. The van der Waals surface area contributed by atoms with Crippen molar-refractivity contribution >= 4 is 23.0 Å². The lowest BCUT2D eigenvalue weighted by molar-refractivity contribution is 0.0939. The van der Waals surface area contributed by atoms with E-state index in [1.54, 1.807) is 16.6 Å². The quantitative estimate of drug-likeness (QED) is 0.671. The van der Waals surface area contributed by atoms with Crippen molar-refractivity contribution in [2.75, 3.05) is 19.6 Å². The van der Waals surface area contributed by atoms with Crippen molar-refractivity contribution in [3.8, 4) is 11.3 Å². The molecular weight excluding hydrogens is 336 g/mol. The van der Waals surface area contributed by atoms with Gasteiger partial charge in [-0.2, -0.15) is 5.10 Å². The van der Waals surface area contributed by atoms with Crippen LogP contribution in [0.5, 0.6) is 0 Å². The molecule has 0 unspecified atom stereocenters. The zero-order valence-electron chi connectivity index (χ0n) is 14.1. The number of carbonyl (C=O) groups excluding carboxylic acids is 1. The number of benzene rings is 1. The monoisotopic (exact) mass is 354 g/mol. The van der Waals surface area contributed by atoms with Crippen LogP contribution in [0, 0.1) is 6.92 Å². The fourth-order valence-electron chi connectivity index (χ4n) is 3.29. The Morgan fingerprint density at radius 3 is 2.56 bits per heavy atom. The minimum atomic E-state index is 0.0275. The molecule has 0 bridgehead atoms. The Morgan fingerprint density at radius 1 is 1.12 bits per heavy atom. The molecular formula is C19H19ClN4O. The van der Waals surface area contributed by atoms with E-state index in [-0.39, 0.29) is 5.78 Å². The molecule has 0 saturated carbocycles. The molecule has 1 aliphatic rings. The summed E-state index contributed by atoms with van der Waals surface area (Å²) in [7, 11) is 0. The summed E-state index contributed by atoms with van der Waals surface area (Å²) >= 11 is 6.06.